The zero-order valence-electron chi connectivity index (χ0n) is 16.8. The maximum atomic E-state index is 13.9. The summed E-state index contributed by atoms with van der Waals surface area (Å²) >= 11 is 0. The summed E-state index contributed by atoms with van der Waals surface area (Å²) in [7, 11) is 0. The van der Waals surface area contributed by atoms with E-state index in [2.05, 4.69) is 25.0 Å². The van der Waals surface area contributed by atoms with Crippen LogP contribution >= 0.6 is 0 Å². The van der Waals surface area contributed by atoms with Gasteiger partial charge in [0, 0.05) is 37.3 Å². The lowest BCUT2D eigenvalue weighted by Crippen LogP contribution is -2.60. The lowest BCUT2D eigenvalue weighted by Gasteiger charge is -2.51. The number of carbonyl (C=O) groups excluding carboxylic acids is 1. The Labute approximate surface area is 177 Å². The fourth-order valence-corrected chi connectivity index (χ4v) is 4.69. The number of rotatable bonds is 3. The highest BCUT2D eigenvalue weighted by molar-refractivity contribution is 5.95. The van der Waals surface area contributed by atoms with Gasteiger partial charge in [0.15, 0.2) is 17.5 Å². The van der Waals surface area contributed by atoms with Gasteiger partial charge < -0.3 is 9.80 Å². The number of piperidine rings is 2. The van der Waals surface area contributed by atoms with Crippen LogP contribution in [0.25, 0.3) is 5.82 Å². The fourth-order valence-electron chi connectivity index (χ4n) is 4.69. The molecular weight excluding hydrogens is 404 g/mol. The molecule has 1 amide bonds. The summed E-state index contributed by atoms with van der Waals surface area (Å²) in [5.74, 6) is -0.494. The molecule has 1 spiro atoms. The Morgan fingerprint density at radius 2 is 1.74 bits per heavy atom. The number of amides is 1. The Morgan fingerprint density at radius 1 is 0.935 bits per heavy atom. The highest BCUT2D eigenvalue weighted by Gasteiger charge is 2.45. The molecule has 0 unspecified atom stereocenters. The molecule has 0 aliphatic carbocycles. The van der Waals surface area contributed by atoms with Crippen LogP contribution < -0.4 is 9.80 Å². The van der Waals surface area contributed by atoms with Crippen molar-refractivity contribution < 1.29 is 13.6 Å². The van der Waals surface area contributed by atoms with Crippen LogP contribution in [0.1, 0.15) is 32.1 Å². The third-order valence-corrected chi connectivity index (χ3v) is 6.23. The molecular formula is C21H21F2N7O. The van der Waals surface area contributed by atoms with Gasteiger partial charge in [-0.05, 0) is 37.8 Å². The first-order valence-electron chi connectivity index (χ1n) is 10.3. The Bertz CT molecular complexity index is 1100. The van der Waals surface area contributed by atoms with Gasteiger partial charge in [0.25, 0.3) is 0 Å². The summed E-state index contributed by atoms with van der Waals surface area (Å²) < 4.78 is 28.9. The van der Waals surface area contributed by atoms with E-state index in [0.29, 0.717) is 43.9 Å². The van der Waals surface area contributed by atoms with Gasteiger partial charge in [-0.15, -0.1) is 0 Å². The molecule has 3 aromatic rings. The average molecular weight is 425 g/mol. The van der Waals surface area contributed by atoms with Gasteiger partial charge in [0.05, 0.1) is 5.54 Å². The summed E-state index contributed by atoms with van der Waals surface area (Å²) in [5.41, 5.74) is 0.0188. The number of aromatic nitrogens is 5. The molecule has 8 nitrogen and oxygen atoms in total. The number of nitrogens with zero attached hydrogens (tertiary/aromatic N) is 7. The van der Waals surface area contributed by atoms with Crippen molar-refractivity contribution in [1.29, 1.82) is 0 Å². The van der Waals surface area contributed by atoms with E-state index < -0.39 is 17.2 Å². The monoisotopic (exact) mass is 425 g/mol. The molecule has 0 N–H and O–H groups in total. The first-order valence-corrected chi connectivity index (χ1v) is 10.3. The highest BCUT2D eigenvalue weighted by atomic mass is 19.2. The van der Waals surface area contributed by atoms with Crippen LogP contribution in [0.2, 0.25) is 0 Å². The summed E-state index contributed by atoms with van der Waals surface area (Å²) in [6.45, 7) is 1.36. The predicted octanol–water partition coefficient (Wildman–Crippen LogP) is 2.89. The molecule has 0 radical (unpaired) electrons. The van der Waals surface area contributed by atoms with Gasteiger partial charge in [0.1, 0.15) is 24.8 Å². The summed E-state index contributed by atoms with van der Waals surface area (Å²) in [6.07, 6.45) is 7.97. The Kier molecular flexibility index (Phi) is 4.84. The minimum Gasteiger partial charge on any atom is -0.356 e. The van der Waals surface area contributed by atoms with E-state index in [1.165, 1.54) is 18.7 Å². The quantitative estimate of drug-likeness (QED) is 0.642. The van der Waals surface area contributed by atoms with E-state index in [-0.39, 0.29) is 5.91 Å². The largest absolute Gasteiger partial charge is 0.356 e. The van der Waals surface area contributed by atoms with E-state index in [9.17, 15) is 13.6 Å². The SMILES string of the molecule is O=C1CCCC2(CCN(c3cc(-n4cncn4)ncn3)CC2)N1c1ccc(F)c(F)c1. The van der Waals surface area contributed by atoms with Crippen molar-refractivity contribution in [2.24, 2.45) is 0 Å². The van der Waals surface area contributed by atoms with Crippen LogP contribution in [0, 0.1) is 11.6 Å². The number of carbonyl (C=O) groups is 1. The number of benzene rings is 1. The third kappa shape index (κ3) is 3.51. The zero-order chi connectivity index (χ0) is 21.4. The molecule has 2 aliphatic heterocycles. The number of anilines is 2. The van der Waals surface area contributed by atoms with Crippen molar-refractivity contribution in [3.05, 3.63) is 54.9 Å². The van der Waals surface area contributed by atoms with E-state index in [1.54, 1.807) is 15.9 Å². The number of hydrogen-bond acceptors (Lipinski definition) is 6. The van der Waals surface area contributed by atoms with Crippen molar-refractivity contribution in [3.8, 4) is 5.82 Å². The second-order valence-corrected chi connectivity index (χ2v) is 7.97. The van der Waals surface area contributed by atoms with Crippen LogP contribution in [0.3, 0.4) is 0 Å². The van der Waals surface area contributed by atoms with Crippen LogP contribution in [-0.2, 0) is 4.79 Å². The van der Waals surface area contributed by atoms with E-state index >= 15 is 0 Å². The predicted molar refractivity (Wildman–Crippen MR) is 109 cm³/mol. The Balaban J connectivity index is 1.39. The molecule has 0 atom stereocenters. The summed E-state index contributed by atoms with van der Waals surface area (Å²) in [5, 5.41) is 4.10. The summed E-state index contributed by atoms with van der Waals surface area (Å²) in [6, 6.07) is 5.56. The molecule has 4 heterocycles. The molecule has 5 rings (SSSR count). The molecule has 2 saturated heterocycles. The lowest BCUT2D eigenvalue weighted by atomic mass is 9.78. The maximum absolute atomic E-state index is 13.9. The number of hydrogen-bond donors (Lipinski definition) is 0. The summed E-state index contributed by atoms with van der Waals surface area (Å²) in [4.78, 5) is 29.3. The standard InChI is InChI=1S/C21H21F2N7O/c22-16-4-3-15(10-17(16)23)30-20(31)2-1-5-21(30)6-8-28(9-7-21)18-11-19(26-13-25-18)29-14-24-12-27-29/h3-4,10-14H,1-2,5-9H2. The highest BCUT2D eigenvalue weighted by Crippen LogP contribution is 2.41. The zero-order valence-corrected chi connectivity index (χ0v) is 16.8. The fraction of sp³-hybridized carbons (Fsp3) is 0.381. The van der Waals surface area contributed by atoms with Gasteiger partial charge in [-0.2, -0.15) is 5.10 Å². The van der Waals surface area contributed by atoms with Crippen LogP contribution in [0.5, 0.6) is 0 Å². The van der Waals surface area contributed by atoms with Gasteiger partial charge in [-0.25, -0.2) is 28.4 Å². The Hall–Kier alpha value is -3.43. The first-order chi connectivity index (χ1) is 15.1. The van der Waals surface area contributed by atoms with Crippen LogP contribution in [0.4, 0.5) is 20.3 Å². The van der Waals surface area contributed by atoms with Gasteiger partial charge >= 0.3 is 0 Å². The lowest BCUT2D eigenvalue weighted by molar-refractivity contribution is -0.121. The Morgan fingerprint density at radius 3 is 2.48 bits per heavy atom. The minimum atomic E-state index is -0.940. The first kappa shape index (κ1) is 19.5. The van der Waals surface area contributed by atoms with E-state index in [0.717, 1.165) is 30.8 Å². The molecule has 0 bridgehead atoms. The molecule has 2 aliphatic rings. The molecule has 0 saturated carbocycles. The third-order valence-electron chi connectivity index (χ3n) is 6.23. The van der Waals surface area contributed by atoms with E-state index in [1.807, 2.05) is 6.07 Å². The molecule has 31 heavy (non-hydrogen) atoms. The molecule has 160 valence electrons. The molecule has 2 aromatic heterocycles. The van der Waals surface area contributed by atoms with Crippen molar-refractivity contribution in [2.45, 2.75) is 37.6 Å². The smallest absolute Gasteiger partial charge is 0.227 e. The maximum Gasteiger partial charge on any atom is 0.227 e. The van der Waals surface area contributed by atoms with Crippen LogP contribution in [0.15, 0.2) is 43.2 Å². The average Bonchev–Trinajstić information content (AvgIpc) is 3.32. The topological polar surface area (TPSA) is 80.0 Å². The second-order valence-electron chi connectivity index (χ2n) is 7.97. The molecule has 2 fully saturated rings. The van der Waals surface area contributed by atoms with Crippen molar-refractivity contribution in [3.63, 3.8) is 0 Å². The van der Waals surface area contributed by atoms with Crippen molar-refractivity contribution in [2.75, 3.05) is 22.9 Å². The van der Waals surface area contributed by atoms with Crippen LogP contribution in [-0.4, -0.2) is 49.3 Å². The molecule has 1 aromatic carbocycles. The normalized spacial score (nSPS) is 18.6. The van der Waals surface area contributed by atoms with Crippen molar-refractivity contribution >= 4 is 17.4 Å². The molecule has 10 heteroatoms. The van der Waals surface area contributed by atoms with Gasteiger partial charge in [0.2, 0.25) is 5.91 Å². The van der Waals surface area contributed by atoms with Gasteiger partial charge in [-0.1, -0.05) is 0 Å². The minimum absolute atomic E-state index is 0.0405. The van der Waals surface area contributed by atoms with Crippen molar-refractivity contribution in [1.82, 2.24) is 24.7 Å². The van der Waals surface area contributed by atoms with E-state index in [4.69, 9.17) is 0 Å². The second kappa shape index (κ2) is 7.68. The van der Waals surface area contributed by atoms with Gasteiger partial charge in [-0.3, -0.25) is 4.79 Å². The number of halogens is 2.